The molecule has 2 atom stereocenters. The molecule has 17 heavy (non-hydrogen) atoms. The Morgan fingerprint density at radius 1 is 1.47 bits per heavy atom. The number of benzene rings is 1. The summed E-state index contributed by atoms with van der Waals surface area (Å²) in [6.45, 7) is 0.423. The van der Waals surface area contributed by atoms with Crippen LogP contribution in [0.5, 0.6) is 5.75 Å². The molecule has 0 bridgehead atoms. The predicted octanol–water partition coefficient (Wildman–Crippen LogP) is 2.20. The Morgan fingerprint density at radius 3 is 3.12 bits per heavy atom. The summed E-state index contributed by atoms with van der Waals surface area (Å²) in [4.78, 5) is 3.98. The van der Waals surface area contributed by atoms with E-state index in [0.29, 0.717) is 17.4 Å². The fourth-order valence-electron chi connectivity index (χ4n) is 2.07. The third-order valence-electron chi connectivity index (χ3n) is 2.97. The van der Waals surface area contributed by atoms with E-state index in [-0.39, 0.29) is 6.04 Å². The maximum atomic E-state index is 10.3. The van der Waals surface area contributed by atoms with Crippen LogP contribution in [0, 0.1) is 0 Å². The SMILES string of the molecule is O[C@@H]1c2cc(Cl)ccc2OC[C@H]1n1ccnc1. The first-order valence-corrected chi connectivity index (χ1v) is 5.71. The summed E-state index contributed by atoms with van der Waals surface area (Å²) in [5.74, 6) is 0.693. The summed E-state index contributed by atoms with van der Waals surface area (Å²) >= 11 is 5.93. The predicted molar refractivity (Wildman–Crippen MR) is 63.2 cm³/mol. The highest BCUT2D eigenvalue weighted by molar-refractivity contribution is 6.30. The van der Waals surface area contributed by atoms with Crippen molar-refractivity contribution in [1.29, 1.82) is 0 Å². The number of halogens is 1. The second kappa shape index (κ2) is 4.05. The quantitative estimate of drug-likeness (QED) is 0.844. The fraction of sp³-hybridized carbons (Fsp3) is 0.250. The minimum absolute atomic E-state index is 0.163. The van der Waals surface area contributed by atoms with Gasteiger partial charge in [0.15, 0.2) is 0 Å². The van der Waals surface area contributed by atoms with E-state index in [1.54, 1.807) is 30.7 Å². The van der Waals surface area contributed by atoms with Gasteiger partial charge in [0.2, 0.25) is 0 Å². The molecule has 0 saturated carbocycles. The highest BCUT2D eigenvalue weighted by Gasteiger charge is 2.30. The van der Waals surface area contributed by atoms with E-state index in [0.717, 1.165) is 5.56 Å². The van der Waals surface area contributed by atoms with E-state index in [1.807, 2.05) is 10.8 Å². The van der Waals surface area contributed by atoms with Crippen LogP contribution in [0.1, 0.15) is 17.7 Å². The summed E-state index contributed by atoms with van der Waals surface area (Å²) in [7, 11) is 0. The molecule has 0 saturated heterocycles. The molecule has 0 spiro atoms. The van der Waals surface area contributed by atoms with Gasteiger partial charge >= 0.3 is 0 Å². The Hall–Kier alpha value is -1.52. The van der Waals surface area contributed by atoms with E-state index >= 15 is 0 Å². The van der Waals surface area contributed by atoms with Crippen LogP contribution in [0.3, 0.4) is 0 Å². The molecule has 0 radical (unpaired) electrons. The average molecular weight is 251 g/mol. The van der Waals surface area contributed by atoms with Crippen molar-refractivity contribution < 1.29 is 9.84 Å². The molecule has 2 heterocycles. The van der Waals surface area contributed by atoms with Crippen molar-refractivity contribution in [2.75, 3.05) is 6.61 Å². The monoisotopic (exact) mass is 250 g/mol. The number of rotatable bonds is 1. The molecule has 2 aromatic rings. The fourth-order valence-corrected chi connectivity index (χ4v) is 2.25. The van der Waals surface area contributed by atoms with Crippen molar-refractivity contribution in [3.63, 3.8) is 0 Å². The third-order valence-corrected chi connectivity index (χ3v) is 3.21. The molecule has 5 heteroatoms. The van der Waals surface area contributed by atoms with E-state index in [4.69, 9.17) is 16.3 Å². The molecule has 0 fully saturated rings. The number of ether oxygens (including phenoxy) is 1. The number of fused-ring (bicyclic) bond motifs is 1. The molecule has 1 aliphatic heterocycles. The van der Waals surface area contributed by atoms with Crippen molar-refractivity contribution in [2.24, 2.45) is 0 Å². The number of hydrogen-bond acceptors (Lipinski definition) is 3. The van der Waals surface area contributed by atoms with Gasteiger partial charge in [0.05, 0.1) is 12.4 Å². The van der Waals surface area contributed by atoms with Crippen molar-refractivity contribution in [3.8, 4) is 5.75 Å². The molecule has 0 amide bonds. The van der Waals surface area contributed by atoms with Gasteiger partial charge in [0.1, 0.15) is 18.5 Å². The number of aliphatic hydroxyl groups is 1. The largest absolute Gasteiger partial charge is 0.491 e. The molecule has 4 nitrogen and oxygen atoms in total. The Balaban J connectivity index is 2.00. The lowest BCUT2D eigenvalue weighted by Crippen LogP contribution is -2.28. The van der Waals surface area contributed by atoms with Gasteiger partial charge in [0, 0.05) is 23.0 Å². The lowest BCUT2D eigenvalue weighted by Gasteiger charge is -2.31. The van der Waals surface area contributed by atoms with Crippen LogP contribution in [0.15, 0.2) is 36.9 Å². The number of nitrogens with zero attached hydrogens (tertiary/aromatic N) is 2. The highest BCUT2D eigenvalue weighted by atomic mass is 35.5. The smallest absolute Gasteiger partial charge is 0.125 e. The summed E-state index contributed by atoms with van der Waals surface area (Å²) in [5.41, 5.74) is 0.724. The zero-order valence-electron chi connectivity index (χ0n) is 8.95. The molecule has 1 N–H and O–H groups in total. The van der Waals surface area contributed by atoms with Gasteiger partial charge in [-0.1, -0.05) is 11.6 Å². The summed E-state index contributed by atoms with van der Waals surface area (Å²) in [5, 5.41) is 10.9. The molecular weight excluding hydrogens is 240 g/mol. The summed E-state index contributed by atoms with van der Waals surface area (Å²) in [6, 6.07) is 5.11. The van der Waals surface area contributed by atoms with Crippen molar-refractivity contribution in [3.05, 3.63) is 47.5 Å². The molecule has 1 aromatic heterocycles. The maximum Gasteiger partial charge on any atom is 0.125 e. The van der Waals surface area contributed by atoms with Gasteiger partial charge < -0.3 is 14.4 Å². The molecule has 1 aliphatic rings. The Morgan fingerprint density at radius 2 is 2.35 bits per heavy atom. The first kappa shape index (κ1) is 10.6. The zero-order valence-corrected chi connectivity index (χ0v) is 9.71. The van der Waals surface area contributed by atoms with E-state index < -0.39 is 6.10 Å². The Labute approximate surface area is 103 Å². The topological polar surface area (TPSA) is 47.3 Å². The van der Waals surface area contributed by atoms with Gasteiger partial charge in [-0.2, -0.15) is 0 Å². The Kier molecular flexibility index (Phi) is 2.53. The van der Waals surface area contributed by atoms with Gasteiger partial charge in [-0.3, -0.25) is 0 Å². The molecular formula is C12H11ClN2O2. The van der Waals surface area contributed by atoms with Crippen LogP contribution < -0.4 is 4.74 Å². The van der Waals surface area contributed by atoms with Crippen LogP contribution in [-0.4, -0.2) is 21.3 Å². The second-order valence-corrected chi connectivity index (χ2v) is 4.45. The van der Waals surface area contributed by atoms with Crippen LogP contribution in [0.2, 0.25) is 5.02 Å². The number of hydrogen-bond donors (Lipinski definition) is 1. The molecule has 0 unspecified atom stereocenters. The summed E-state index contributed by atoms with van der Waals surface area (Å²) in [6.07, 6.45) is 4.53. The highest BCUT2D eigenvalue weighted by Crippen LogP contribution is 2.38. The normalized spacial score (nSPS) is 22.9. The number of imidazole rings is 1. The lowest BCUT2D eigenvalue weighted by atomic mass is 9.99. The zero-order chi connectivity index (χ0) is 11.8. The number of aromatic nitrogens is 2. The van der Waals surface area contributed by atoms with E-state index in [9.17, 15) is 5.11 Å². The Bertz CT molecular complexity index is 527. The first-order valence-electron chi connectivity index (χ1n) is 5.33. The van der Waals surface area contributed by atoms with Crippen LogP contribution in [0.4, 0.5) is 0 Å². The van der Waals surface area contributed by atoms with E-state index in [2.05, 4.69) is 4.98 Å². The number of aliphatic hydroxyl groups excluding tert-OH is 1. The molecule has 0 aliphatic carbocycles. The van der Waals surface area contributed by atoms with Gasteiger partial charge in [-0.05, 0) is 18.2 Å². The first-order chi connectivity index (χ1) is 8.25. The molecule has 1 aromatic carbocycles. The minimum Gasteiger partial charge on any atom is -0.491 e. The van der Waals surface area contributed by atoms with Crippen LogP contribution in [0.25, 0.3) is 0 Å². The standard InChI is InChI=1S/C12H11ClN2O2/c13-8-1-2-11-9(5-8)12(16)10(6-17-11)15-4-3-14-7-15/h1-5,7,10,12,16H,6H2/t10-,12-/m1/s1. The van der Waals surface area contributed by atoms with Crippen molar-refractivity contribution in [1.82, 2.24) is 9.55 Å². The van der Waals surface area contributed by atoms with Crippen LogP contribution >= 0.6 is 11.6 Å². The van der Waals surface area contributed by atoms with Crippen LogP contribution in [-0.2, 0) is 0 Å². The van der Waals surface area contributed by atoms with Crippen molar-refractivity contribution >= 4 is 11.6 Å². The third kappa shape index (κ3) is 1.79. The van der Waals surface area contributed by atoms with Crippen molar-refractivity contribution in [2.45, 2.75) is 12.1 Å². The van der Waals surface area contributed by atoms with E-state index in [1.165, 1.54) is 0 Å². The minimum atomic E-state index is -0.633. The maximum absolute atomic E-state index is 10.3. The second-order valence-electron chi connectivity index (χ2n) is 4.02. The average Bonchev–Trinajstić information content (AvgIpc) is 2.84. The molecule has 88 valence electrons. The lowest BCUT2D eigenvalue weighted by molar-refractivity contribution is 0.0569. The van der Waals surface area contributed by atoms with Gasteiger partial charge in [-0.15, -0.1) is 0 Å². The van der Waals surface area contributed by atoms with Gasteiger partial charge in [0.25, 0.3) is 0 Å². The van der Waals surface area contributed by atoms with Gasteiger partial charge in [-0.25, -0.2) is 4.98 Å². The molecule has 3 rings (SSSR count). The summed E-state index contributed by atoms with van der Waals surface area (Å²) < 4.78 is 7.46.